The maximum atomic E-state index is 12.7. The van der Waals surface area contributed by atoms with Crippen LogP contribution in [0.1, 0.15) is 46.0 Å². The van der Waals surface area contributed by atoms with E-state index in [1.54, 1.807) is 36.5 Å². The number of carbonyl (C=O) groups excluding carboxylic acids is 1. The van der Waals surface area contributed by atoms with Crippen LogP contribution in [0.25, 0.3) is 0 Å². The maximum absolute atomic E-state index is 12.7. The standard InChI is InChI=1S/C25H28N4O3/c1-28(16-19-4-2-12-26-15-19)25(31)20-8-6-18(7-9-20)14-22-10-11-23(27-22)24(30)21-5-3-13-29(32)17-21/h2-9,12-13,15,17,22-24,27,30H,10-11,14,16H2,1H3/t22-,23+,24+/m0/s1. The van der Waals surface area contributed by atoms with E-state index in [0.29, 0.717) is 22.4 Å². The summed E-state index contributed by atoms with van der Waals surface area (Å²) in [5, 5.41) is 25.6. The first kappa shape index (κ1) is 21.9. The van der Waals surface area contributed by atoms with Gasteiger partial charge in [0.15, 0.2) is 12.4 Å². The topological polar surface area (TPSA) is 92.4 Å². The van der Waals surface area contributed by atoms with Crippen molar-refractivity contribution in [2.45, 2.75) is 44.0 Å². The summed E-state index contributed by atoms with van der Waals surface area (Å²) >= 11 is 0. The summed E-state index contributed by atoms with van der Waals surface area (Å²) in [6.07, 6.45) is 8.20. The Morgan fingerprint density at radius 3 is 2.75 bits per heavy atom. The van der Waals surface area contributed by atoms with E-state index in [1.165, 1.54) is 12.4 Å². The van der Waals surface area contributed by atoms with Gasteiger partial charge in [-0.1, -0.05) is 18.2 Å². The lowest BCUT2D eigenvalue weighted by Gasteiger charge is -2.20. The number of aliphatic hydroxyl groups is 1. The Morgan fingerprint density at radius 2 is 2.03 bits per heavy atom. The van der Waals surface area contributed by atoms with E-state index in [4.69, 9.17) is 0 Å². The lowest BCUT2D eigenvalue weighted by atomic mass is 10.0. The van der Waals surface area contributed by atoms with Crippen molar-refractivity contribution in [1.29, 1.82) is 0 Å². The zero-order valence-corrected chi connectivity index (χ0v) is 18.1. The Kier molecular flexibility index (Phi) is 6.78. The van der Waals surface area contributed by atoms with E-state index < -0.39 is 6.10 Å². The van der Waals surface area contributed by atoms with Crippen LogP contribution in [-0.4, -0.2) is 40.0 Å². The number of nitrogens with zero attached hydrogens (tertiary/aromatic N) is 3. The average molecular weight is 433 g/mol. The molecule has 1 amide bonds. The second-order valence-corrected chi connectivity index (χ2v) is 8.41. The highest BCUT2D eigenvalue weighted by molar-refractivity contribution is 5.94. The summed E-state index contributed by atoms with van der Waals surface area (Å²) in [7, 11) is 1.79. The highest BCUT2D eigenvalue weighted by Gasteiger charge is 2.30. The van der Waals surface area contributed by atoms with E-state index in [9.17, 15) is 15.1 Å². The average Bonchev–Trinajstić information content (AvgIpc) is 3.27. The van der Waals surface area contributed by atoms with Crippen LogP contribution in [0.3, 0.4) is 0 Å². The summed E-state index contributed by atoms with van der Waals surface area (Å²) in [5.41, 5.74) is 3.41. The van der Waals surface area contributed by atoms with Gasteiger partial charge in [0.1, 0.15) is 6.10 Å². The molecule has 0 spiro atoms. The van der Waals surface area contributed by atoms with Crippen molar-refractivity contribution in [2.24, 2.45) is 0 Å². The minimum atomic E-state index is -0.711. The first-order chi connectivity index (χ1) is 15.5. The van der Waals surface area contributed by atoms with E-state index in [1.807, 2.05) is 36.4 Å². The second-order valence-electron chi connectivity index (χ2n) is 8.41. The van der Waals surface area contributed by atoms with Crippen LogP contribution in [0.15, 0.2) is 73.3 Å². The number of carbonyl (C=O) groups is 1. The molecule has 0 bridgehead atoms. The number of benzene rings is 1. The first-order valence-corrected chi connectivity index (χ1v) is 10.9. The molecule has 1 fully saturated rings. The van der Waals surface area contributed by atoms with Crippen LogP contribution in [0.4, 0.5) is 0 Å². The number of amides is 1. The van der Waals surface area contributed by atoms with Crippen LogP contribution < -0.4 is 10.0 Å². The maximum Gasteiger partial charge on any atom is 0.253 e. The predicted octanol–water partition coefficient (Wildman–Crippen LogP) is 2.38. The van der Waals surface area contributed by atoms with Gasteiger partial charge < -0.3 is 20.5 Å². The van der Waals surface area contributed by atoms with Gasteiger partial charge in [-0.05, 0) is 54.7 Å². The van der Waals surface area contributed by atoms with Crippen LogP contribution in [0.2, 0.25) is 0 Å². The predicted molar refractivity (Wildman–Crippen MR) is 120 cm³/mol. The molecular formula is C25H28N4O3. The fraction of sp³-hybridized carbons (Fsp3) is 0.320. The smallest absolute Gasteiger partial charge is 0.253 e. The molecule has 3 aromatic rings. The molecule has 166 valence electrons. The van der Waals surface area contributed by atoms with Gasteiger partial charge in [0, 0.05) is 55.3 Å². The highest BCUT2D eigenvalue weighted by atomic mass is 16.5. The third kappa shape index (κ3) is 5.30. The van der Waals surface area contributed by atoms with Gasteiger partial charge in [0.2, 0.25) is 0 Å². The number of rotatable bonds is 7. The Hall–Kier alpha value is -3.29. The van der Waals surface area contributed by atoms with Crippen molar-refractivity contribution >= 4 is 5.91 Å². The lowest BCUT2D eigenvalue weighted by Crippen LogP contribution is -2.36. The number of nitrogens with one attached hydrogen (secondary N) is 1. The van der Waals surface area contributed by atoms with Crippen LogP contribution in [0, 0.1) is 5.21 Å². The third-order valence-corrected chi connectivity index (χ3v) is 5.97. The van der Waals surface area contributed by atoms with E-state index >= 15 is 0 Å². The SMILES string of the molecule is CN(Cc1cccnc1)C(=O)c1ccc(C[C@@H]2CC[C@H]([C@H](O)c3ccc[n+]([O-])c3)N2)cc1. The Bertz CT molecular complexity index is 1040. The fourth-order valence-corrected chi connectivity index (χ4v) is 4.27. The third-order valence-electron chi connectivity index (χ3n) is 5.97. The fourth-order valence-electron chi connectivity index (χ4n) is 4.27. The molecule has 1 saturated heterocycles. The number of pyridine rings is 2. The van der Waals surface area contributed by atoms with Gasteiger partial charge in [-0.15, -0.1) is 0 Å². The zero-order valence-electron chi connectivity index (χ0n) is 18.1. The number of hydrogen-bond acceptors (Lipinski definition) is 5. The van der Waals surface area contributed by atoms with Crippen molar-refractivity contribution in [1.82, 2.24) is 15.2 Å². The first-order valence-electron chi connectivity index (χ1n) is 10.9. The summed E-state index contributed by atoms with van der Waals surface area (Å²) in [6, 6.07) is 15.1. The molecule has 0 unspecified atom stereocenters. The van der Waals surface area contributed by atoms with Crippen molar-refractivity contribution in [2.75, 3.05) is 7.05 Å². The van der Waals surface area contributed by atoms with Crippen molar-refractivity contribution < 1.29 is 14.6 Å². The molecule has 0 radical (unpaired) electrons. The van der Waals surface area contributed by atoms with Gasteiger partial charge in [0.25, 0.3) is 5.91 Å². The molecule has 4 rings (SSSR count). The number of hydrogen-bond donors (Lipinski definition) is 2. The largest absolute Gasteiger partial charge is 0.619 e. The van der Waals surface area contributed by atoms with Gasteiger partial charge in [-0.2, -0.15) is 4.73 Å². The zero-order chi connectivity index (χ0) is 22.5. The van der Waals surface area contributed by atoms with Gasteiger partial charge in [0.05, 0.1) is 0 Å². The minimum absolute atomic E-state index is 0.0268. The summed E-state index contributed by atoms with van der Waals surface area (Å²) in [4.78, 5) is 18.5. The molecule has 32 heavy (non-hydrogen) atoms. The molecule has 1 aromatic carbocycles. The van der Waals surface area contributed by atoms with E-state index in [-0.39, 0.29) is 18.0 Å². The van der Waals surface area contributed by atoms with Crippen LogP contribution in [-0.2, 0) is 13.0 Å². The molecule has 3 heterocycles. The Labute approximate surface area is 187 Å². The second kappa shape index (κ2) is 9.89. The molecule has 3 atom stereocenters. The van der Waals surface area contributed by atoms with Crippen molar-refractivity contribution in [3.8, 4) is 0 Å². The summed E-state index contributed by atoms with van der Waals surface area (Å²) in [6.45, 7) is 0.512. The van der Waals surface area contributed by atoms with Gasteiger partial charge >= 0.3 is 0 Å². The molecule has 0 saturated carbocycles. The highest BCUT2D eigenvalue weighted by Crippen LogP contribution is 2.26. The molecule has 1 aliphatic rings. The summed E-state index contributed by atoms with van der Waals surface area (Å²) in [5.74, 6) is -0.0268. The molecule has 7 nitrogen and oxygen atoms in total. The van der Waals surface area contributed by atoms with E-state index in [2.05, 4.69) is 10.3 Å². The molecule has 2 aromatic heterocycles. The Morgan fingerprint density at radius 1 is 1.22 bits per heavy atom. The molecule has 1 aliphatic heterocycles. The summed E-state index contributed by atoms with van der Waals surface area (Å²) < 4.78 is 0.710. The Balaban J connectivity index is 1.31. The lowest BCUT2D eigenvalue weighted by molar-refractivity contribution is -0.606. The minimum Gasteiger partial charge on any atom is -0.619 e. The number of aliphatic hydroxyl groups excluding tert-OH is 1. The van der Waals surface area contributed by atoms with Crippen LogP contribution in [0.5, 0.6) is 0 Å². The number of aromatic nitrogens is 2. The van der Waals surface area contributed by atoms with Crippen molar-refractivity contribution in [3.05, 3.63) is 101 Å². The quantitative estimate of drug-likeness (QED) is 0.442. The van der Waals surface area contributed by atoms with Gasteiger partial charge in [-0.25, -0.2) is 0 Å². The molecule has 2 N–H and O–H groups in total. The van der Waals surface area contributed by atoms with E-state index in [0.717, 1.165) is 30.4 Å². The molecular weight excluding hydrogens is 404 g/mol. The van der Waals surface area contributed by atoms with Crippen LogP contribution >= 0.6 is 0 Å². The monoisotopic (exact) mass is 432 g/mol. The van der Waals surface area contributed by atoms with Gasteiger partial charge in [-0.3, -0.25) is 9.78 Å². The van der Waals surface area contributed by atoms with Crippen molar-refractivity contribution in [3.63, 3.8) is 0 Å². The normalized spacial score (nSPS) is 18.9. The molecule has 0 aliphatic carbocycles. The molecule has 7 heteroatoms.